The second kappa shape index (κ2) is 6.10. The number of aliphatic hydroxyl groups is 1. The van der Waals surface area contributed by atoms with E-state index in [2.05, 4.69) is 14.7 Å². The van der Waals surface area contributed by atoms with Crippen LogP contribution in [0.4, 0.5) is 5.13 Å². The molecule has 1 atom stereocenters. The predicted octanol–water partition coefficient (Wildman–Crippen LogP) is 2.37. The molecule has 100 valence electrons. The minimum Gasteiger partial charge on any atom is -0.393 e. The Morgan fingerprint density at radius 2 is 2.16 bits per heavy atom. The number of hydrogen-bond donors (Lipinski definition) is 2. The van der Waals surface area contributed by atoms with Gasteiger partial charge in [0, 0.05) is 28.5 Å². The molecule has 5 nitrogen and oxygen atoms in total. The summed E-state index contributed by atoms with van der Waals surface area (Å²) in [5.41, 5.74) is 0.497. The number of benzene rings is 1. The number of nitrogens with zero attached hydrogens (tertiary/aromatic N) is 2. The summed E-state index contributed by atoms with van der Waals surface area (Å²) in [5.74, 6) is 0.253. The van der Waals surface area contributed by atoms with Crippen LogP contribution in [-0.2, 0) is 6.42 Å². The Kier molecular flexibility index (Phi) is 4.47. The van der Waals surface area contributed by atoms with Gasteiger partial charge in [0.15, 0.2) is 0 Å². The molecule has 1 aromatic carbocycles. The average Bonchev–Trinajstić information content (AvgIpc) is 2.76. The van der Waals surface area contributed by atoms with Gasteiger partial charge in [0.25, 0.3) is 5.91 Å². The van der Waals surface area contributed by atoms with E-state index in [1.807, 2.05) is 0 Å². The third kappa shape index (κ3) is 3.99. The molecule has 0 radical (unpaired) electrons. The van der Waals surface area contributed by atoms with E-state index in [0.717, 1.165) is 11.5 Å². The minimum absolute atomic E-state index is 0.267. The fourth-order valence-electron chi connectivity index (χ4n) is 1.42. The molecule has 1 aromatic heterocycles. The zero-order chi connectivity index (χ0) is 13.8. The molecule has 0 aliphatic rings. The van der Waals surface area contributed by atoms with Gasteiger partial charge in [0.05, 0.1) is 6.10 Å². The fraction of sp³-hybridized carbons (Fsp3) is 0.250. The highest BCUT2D eigenvalue weighted by molar-refractivity contribution is 7.09. The molecule has 2 N–H and O–H groups in total. The van der Waals surface area contributed by atoms with Gasteiger partial charge in [-0.05, 0) is 31.2 Å². The summed E-state index contributed by atoms with van der Waals surface area (Å²) in [6, 6.07) is 6.57. The predicted molar refractivity (Wildman–Crippen MR) is 74.7 cm³/mol. The van der Waals surface area contributed by atoms with Crippen molar-refractivity contribution in [3.05, 3.63) is 40.7 Å². The lowest BCUT2D eigenvalue weighted by molar-refractivity contribution is 0.102. The van der Waals surface area contributed by atoms with Gasteiger partial charge < -0.3 is 5.11 Å². The van der Waals surface area contributed by atoms with Crippen LogP contribution in [0.3, 0.4) is 0 Å². The van der Waals surface area contributed by atoms with E-state index >= 15 is 0 Å². The van der Waals surface area contributed by atoms with Gasteiger partial charge in [-0.2, -0.15) is 4.37 Å². The summed E-state index contributed by atoms with van der Waals surface area (Å²) in [6.07, 6.45) is -0.137. The molecule has 0 aliphatic carbocycles. The molecule has 1 amide bonds. The number of nitrogens with one attached hydrogen (secondary N) is 1. The Balaban J connectivity index is 2.02. The Morgan fingerprint density at radius 1 is 1.47 bits per heavy atom. The lowest BCUT2D eigenvalue weighted by Gasteiger charge is -2.01. The summed E-state index contributed by atoms with van der Waals surface area (Å²) in [7, 11) is 0. The average molecular weight is 298 g/mol. The molecule has 1 heterocycles. The molecule has 7 heteroatoms. The first-order chi connectivity index (χ1) is 9.04. The maximum Gasteiger partial charge on any atom is 0.257 e. The number of aromatic nitrogens is 2. The lowest BCUT2D eigenvalue weighted by Crippen LogP contribution is -2.12. The molecule has 0 aliphatic heterocycles. The normalized spacial score (nSPS) is 12.2. The highest BCUT2D eigenvalue weighted by Crippen LogP contribution is 2.15. The largest absolute Gasteiger partial charge is 0.393 e. The topological polar surface area (TPSA) is 75.1 Å². The first-order valence-electron chi connectivity index (χ1n) is 5.62. The molecule has 0 saturated carbocycles. The van der Waals surface area contributed by atoms with E-state index in [-0.39, 0.29) is 5.91 Å². The van der Waals surface area contributed by atoms with Crippen LogP contribution >= 0.6 is 23.1 Å². The second-order valence-electron chi connectivity index (χ2n) is 4.03. The van der Waals surface area contributed by atoms with Crippen molar-refractivity contribution in [2.45, 2.75) is 19.4 Å². The van der Waals surface area contributed by atoms with Gasteiger partial charge >= 0.3 is 0 Å². The molecule has 0 bridgehead atoms. The number of hydrogen-bond acceptors (Lipinski definition) is 5. The summed E-state index contributed by atoms with van der Waals surface area (Å²) >= 11 is 6.84. The summed E-state index contributed by atoms with van der Waals surface area (Å²) in [5, 5.41) is 12.9. The number of rotatable bonds is 4. The number of aliphatic hydroxyl groups excluding tert-OH is 1. The quantitative estimate of drug-likeness (QED) is 0.908. The van der Waals surface area contributed by atoms with E-state index in [1.165, 1.54) is 0 Å². The van der Waals surface area contributed by atoms with Crippen molar-refractivity contribution in [3.8, 4) is 0 Å². The molecule has 0 saturated heterocycles. The molecule has 0 spiro atoms. The Hall–Kier alpha value is -1.50. The summed E-state index contributed by atoms with van der Waals surface area (Å²) in [6.45, 7) is 1.66. The highest BCUT2D eigenvalue weighted by Gasteiger charge is 2.11. The van der Waals surface area contributed by atoms with E-state index in [1.54, 1.807) is 31.2 Å². The van der Waals surface area contributed by atoms with Crippen molar-refractivity contribution in [1.82, 2.24) is 9.36 Å². The Labute approximate surface area is 119 Å². The third-order valence-electron chi connectivity index (χ3n) is 2.27. The number of halogens is 1. The zero-order valence-electron chi connectivity index (χ0n) is 10.1. The summed E-state index contributed by atoms with van der Waals surface area (Å²) < 4.78 is 4.05. The second-order valence-corrected chi connectivity index (χ2v) is 5.22. The van der Waals surface area contributed by atoms with Crippen LogP contribution < -0.4 is 5.32 Å². The van der Waals surface area contributed by atoms with Crippen LogP contribution in [0.5, 0.6) is 0 Å². The first kappa shape index (κ1) is 13.9. The Bertz CT molecular complexity index is 569. The minimum atomic E-state index is -0.505. The van der Waals surface area contributed by atoms with Gasteiger partial charge in [0.2, 0.25) is 5.13 Å². The zero-order valence-corrected chi connectivity index (χ0v) is 11.7. The van der Waals surface area contributed by atoms with Crippen LogP contribution in [0.2, 0.25) is 5.02 Å². The van der Waals surface area contributed by atoms with Crippen LogP contribution in [0, 0.1) is 0 Å². The van der Waals surface area contributed by atoms with Crippen LogP contribution in [-0.4, -0.2) is 26.5 Å². The molecular formula is C12H12ClN3O2S. The van der Waals surface area contributed by atoms with Crippen molar-refractivity contribution < 1.29 is 9.90 Å². The van der Waals surface area contributed by atoms with Crippen molar-refractivity contribution in [2.75, 3.05) is 5.32 Å². The first-order valence-corrected chi connectivity index (χ1v) is 6.77. The van der Waals surface area contributed by atoms with Gasteiger partial charge in [-0.25, -0.2) is 4.98 Å². The van der Waals surface area contributed by atoms with E-state index in [4.69, 9.17) is 11.6 Å². The third-order valence-corrected chi connectivity index (χ3v) is 3.19. The number of amides is 1. The number of anilines is 1. The fourth-order valence-corrected chi connectivity index (χ4v) is 2.14. The van der Waals surface area contributed by atoms with Gasteiger partial charge in [-0.1, -0.05) is 11.6 Å². The Morgan fingerprint density at radius 3 is 2.79 bits per heavy atom. The van der Waals surface area contributed by atoms with Gasteiger partial charge in [-0.3, -0.25) is 10.1 Å². The molecular weight excluding hydrogens is 286 g/mol. The van der Waals surface area contributed by atoms with Crippen LogP contribution in [0.1, 0.15) is 23.1 Å². The number of carbonyl (C=O) groups is 1. The standard InChI is InChI=1S/C12H12ClN3O2S/c1-7(17)6-10-14-12(19-16-10)15-11(18)8-2-4-9(13)5-3-8/h2-5,7,17H,6H2,1H3,(H,14,15,16,18)/t7-/m1/s1. The van der Waals surface area contributed by atoms with Crippen molar-refractivity contribution >= 4 is 34.2 Å². The number of carbonyl (C=O) groups excluding carboxylic acids is 1. The van der Waals surface area contributed by atoms with E-state index < -0.39 is 6.10 Å². The van der Waals surface area contributed by atoms with Crippen LogP contribution in [0.25, 0.3) is 0 Å². The SMILES string of the molecule is C[C@@H](O)Cc1nsc(NC(=O)c2ccc(Cl)cc2)n1. The molecule has 19 heavy (non-hydrogen) atoms. The van der Waals surface area contributed by atoms with Gasteiger partial charge in [0.1, 0.15) is 5.82 Å². The maximum atomic E-state index is 11.9. The molecule has 2 aromatic rings. The molecule has 0 unspecified atom stereocenters. The van der Waals surface area contributed by atoms with Crippen molar-refractivity contribution in [2.24, 2.45) is 0 Å². The van der Waals surface area contributed by atoms with E-state index in [0.29, 0.717) is 28.0 Å². The lowest BCUT2D eigenvalue weighted by atomic mass is 10.2. The smallest absolute Gasteiger partial charge is 0.257 e. The monoisotopic (exact) mass is 297 g/mol. The highest BCUT2D eigenvalue weighted by atomic mass is 35.5. The molecule has 2 rings (SSSR count). The summed E-state index contributed by atoms with van der Waals surface area (Å²) in [4.78, 5) is 16.0. The maximum absolute atomic E-state index is 11.9. The van der Waals surface area contributed by atoms with Crippen molar-refractivity contribution in [1.29, 1.82) is 0 Å². The van der Waals surface area contributed by atoms with Crippen molar-refractivity contribution in [3.63, 3.8) is 0 Å². The van der Waals surface area contributed by atoms with Crippen LogP contribution in [0.15, 0.2) is 24.3 Å². The van der Waals surface area contributed by atoms with E-state index in [9.17, 15) is 9.90 Å². The molecule has 0 fully saturated rings. The van der Waals surface area contributed by atoms with Gasteiger partial charge in [-0.15, -0.1) is 0 Å².